The summed E-state index contributed by atoms with van der Waals surface area (Å²) in [7, 11) is 0. The van der Waals surface area contributed by atoms with Crippen molar-refractivity contribution in [3.8, 4) is 0 Å². The molecule has 1 aromatic heterocycles. The Balaban J connectivity index is 1.95. The summed E-state index contributed by atoms with van der Waals surface area (Å²) in [5.74, 6) is -0.250. The Morgan fingerprint density at radius 3 is 2.55 bits per heavy atom. The highest BCUT2D eigenvalue weighted by Gasteiger charge is 2.02. The van der Waals surface area contributed by atoms with Gasteiger partial charge in [0.25, 0.3) is 5.91 Å². The van der Waals surface area contributed by atoms with Crippen LogP contribution in [0.5, 0.6) is 0 Å². The monoisotopic (exact) mass is 265 g/mol. The van der Waals surface area contributed by atoms with Crippen molar-refractivity contribution >= 4 is 17.7 Å². The summed E-state index contributed by atoms with van der Waals surface area (Å²) in [6, 6.07) is 13.2. The maximum Gasteiger partial charge on any atom is 0.271 e. The van der Waals surface area contributed by atoms with Crippen LogP contribution < -0.4 is 5.43 Å². The number of nitrogens with one attached hydrogen (secondary N) is 1. The highest BCUT2D eigenvalue weighted by molar-refractivity contribution is 5.99. The van der Waals surface area contributed by atoms with Gasteiger partial charge in [0.2, 0.25) is 0 Å². The van der Waals surface area contributed by atoms with Crippen LogP contribution >= 0.6 is 0 Å². The van der Waals surface area contributed by atoms with Gasteiger partial charge in [-0.2, -0.15) is 5.10 Å². The van der Waals surface area contributed by atoms with E-state index in [1.807, 2.05) is 49.4 Å². The molecule has 0 bridgehead atoms. The highest BCUT2D eigenvalue weighted by atomic mass is 16.2. The van der Waals surface area contributed by atoms with Crippen molar-refractivity contribution < 1.29 is 4.79 Å². The zero-order chi connectivity index (χ0) is 14.2. The Morgan fingerprint density at radius 2 is 1.85 bits per heavy atom. The summed E-state index contributed by atoms with van der Waals surface area (Å²) in [4.78, 5) is 15.6. The van der Waals surface area contributed by atoms with Crippen LogP contribution in [0.25, 0.3) is 6.08 Å². The maximum atomic E-state index is 11.8. The maximum absolute atomic E-state index is 11.8. The zero-order valence-corrected chi connectivity index (χ0v) is 11.2. The molecule has 0 atom stereocenters. The normalized spacial score (nSPS) is 11.6. The standard InChI is InChI=1S/C16H15N3O/c1-13(7-8-14-5-3-2-4-6-14)18-19-16(20)15-9-11-17-12-10-15/h2-12H,1H3,(H,19,20)/b8-7+,18-13-. The van der Waals surface area contributed by atoms with E-state index in [1.165, 1.54) is 0 Å². The van der Waals surface area contributed by atoms with Crippen LogP contribution in [0.3, 0.4) is 0 Å². The van der Waals surface area contributed by atoms with Crippen LogP contribution in [0.15, 0.2) is 66.0 Å². The average Bonchev–Trinajstić information content (AvgIpc) is 2.52. The molecule has 100 valence electrons. The molecular formula is C16H15N3O. The zero-order valence-electron chi connectivity index (χ0n) is 11.2. The molecule has 2 aromatic rings. The molecular weight excluding hydrogens is 250 g/mol. The molecule has 4 nitrogen and oxygen atoms in total. The fourth-order valence-corrected chi connectivity index (χ4v) is 1.53. The smallest absolute Gasteiger partial charge is 0.267 e. The number of allylic oxidation sites excluding steroid dienone is 1. The van der Waals surface area contributed by atoms with Gasteiger partial charge in [-0.3, -0.25) is 9.78 Å². The van der Waals surface area contributed by atoms with Gasteiger partial charge in [-0.1, -0.05) is 36.4 Å². The molecule has 0 radical (unpaired) electrons. The van der Waals surface area contributed by atoms with Gasteiger partial charge in [-0.15, -0.1) is 0 Å². The second-order valence-electron chi connectivity index (χ2n) is 4.17. The van der Waals surface area contributed by atoms with Crippen LogP contribution in [-0.2, 0) is 0 Å². The molecule has 2 rings (SSSR count). The first-order valence-electron chi connectivity index (χ1n) is 6.23. The predicted octanol–water partition coefficient (Wildman–Crippen LogP) is 2.90. The van der Waals surface area contributed by atoms with Crippen LogP contribution in [0, 0.1) is 0 Å². The van der Waals surface area contributed by atoms with E-state index in [0.717, 1.165) is 11.3 Å². The number of carbonyl (C=O) groups is 1. The molecule has 0 saturated carbocycles. The van der Waals surface area contributed by atoms with Crippen molar-refractivity contribution in [3.63, 3.8) is 0 Å². The van der Waals surface area contributed by atoms with Crippen LogP contribution in [-0.4, -0.2) is 16.6 Å². The van der Waals surface area contributed by atoms with E-state index in [9.17, 15) is 4.79 Å². The Hall–Kier alpha value is -2.75. The average molecular weight is 265 g/mol. The summed E-state index contributed by atoms with van der Waals surface area (Å²) < 4.78 is 0. The SMILES string of the molecule is CC(/C=C/c1ccccc1)=N/NC(=O)c1ccncc1. The highest BCUT2D eigenvalue weighted by Crippen LogP contribution is 2.01. The minimum Gasteiger partial charge on any atom is -0.267 e. The number of rotatable bonds is 4. The number of aromatic nitrogens is 1. The van der Waals surface area contributed by atoms with Crippen molar-refractivity contribution in [3.05, 3.63) is 72.1 Å². The third-order valence-corrected chi connectivity index (χ3v) is 2.59. The lowest BCUT2D eigenvalue weighted by atomic mass is 10.2. The van der Waals surface area contributed by atoms with E-state index in [2.05, 4.69) is 15.5 Å². The number of pyridine rings is 1. The lowest BCUT2D eigenvalue weighted by molar-refractivity contribution is 0.0954. The summed E-state index contributed by atoms with van der Waals surface area (Å²) in [5, 5.41) is 4.03. The molecule has 1 heterocycles. The molecule has 0 saturated heterocycles. The Kier molecular flexibility index (Phi) is 4.78. The lowest BCUT2D eigenvalue weighted by Gasteiger charge is -1.99. The van der Waals surface area contributed by atoms with Crippen LogP contribution in [0.1, 0.15) is 22.8 Å². The first-order valence-corrected chi connectivity index (χ1v) is 6.23. The van der Waals surface area contributed by atoms with Crippen molar-refractivity contribution in [2.75, 3.05) is 0 Å². The minimum atomic E-state index is -0.250. The van der Waals surface area contributed by atoms with E-state index in [0.29, 0.717) is 5.56 Å². The molecule has 1 N–H and O–H groups in total. The Morgan fingerprint density at radius 1 is 1.15 bits per heavy atom. The van der Waals surface area contributed by atoms with Gasteiger partial charge < -0.3 is 0 Å². The largest absolute Gasteiger partial charge is 0.271 e. The number of nitrogens with zero attached hydrogens (tertiary/aromatic N) is 2. The van der Waals surface area contributed by atoms with Crippen LogP contribution in [0.4, 0.5) is 0 Å². The molecule has 1 amide bonds. The van der Waals surface area contributed by atoms with E-state index in [1.54, 1.807) is 24.5 Å². The van der Waals surface area contributed by atoms with Gasteiger partial charge in [0.05, 0.1) is 5.71 Å². The number of hydrogen-bond donors (Lipinski definition) is 1. The summed E-state index contributed by atoms with van der Waals surface area (Å²) >= 11 is 0. The second-order valence-corrected chi connectivity index (χ2v) is 4.17. The molecule has 0 aliphatic carbocycles. The van der Waals surface area contributed by atoms with Crippen LogP contribution in [0.2, 0.25) is 0 Å². The van der Waals surface area contributed by atoms with Gasteiger partial charge in [-0.05, 0) is 30.7 Å². The summed E-state index contributed by atoms with van der Waals surface area (Å²) in [6.45, 7) is 1.83. The first-order chi connectivity index (χ1) is 9.75. The van der Waals surface area contributed by atoms with Gasteiger partial charge in [-0.25, -0.2) is 5.43 Å². The first kappa shape index (κ1) is 13.7. The van der Waals surface area contributed by atoms with Gasteiger partial charge in [0.15, 0.2) is 0 Å². The van der Waals surface area contributed by atoms with E-state index >= 15 is 0 Å². The third-order valence-electron chi connectivity index (χ3n) is 2.59. The van der Waals surface area contributed by atoms with Crippen molar-refractivity contribution in [1.29, 1.82) is 0 Å². The molecule has 0 unspecified atom stereocenters. The predicted molar refractivity (Wildman–Crippen MR) is 80.3 cm³/mol. The van der Waals surface area contributed by atoms with Crippen molar-refractivity contribution in [2.24, 2.45) is 5.10 Å². The minimum absolute atomic E-state index is 0.250. The molecule has 4 heteroatoms. The number of carbonyl (C=O) groups excluding carboxylic acids is 1. The lowest BCUT2D eigenvalue weighted by Crippen LogP contribution is -2.18. The number of hydrazone groups is 1. The Labute approximate surface area is 117 Å². The third kappa shape index (κ3) is 4.17. The molecule has 0 spiro atoms. The quantitative estimate of drug-likeness (QED) is 0.682. The van der Waals surface area contributed by atoms with E-state index in [-0.39, 0.29) is 5.91 Å². The van der Waals surface area contributed by atoms with E-state index < -0.39 is 0 Å². The number of amides is 1. The Bertz CT molecular complexity index is 619. The van der Waals surface area contributed by atoms with Crippen molar-refractivity contribution in [2.45, 2.75) is 6.92 Å². The van der Waals surface area contributed by atoms with Crippen molar-refractivity contribution in [1.82, 2.24) is 10.4 Å². The molecule has 0 aliphatic heterocycles. The summed E-state index contributed by atoms with van der Waals surface area (Å²) in [5.41, 5.74) is 4.84. The number of hydrogen-bond acceptors (Lipinski definition) is 3. The van der Waals surface area contributed by atoms with Gasteiger partial charge in [0, 0.05) is 18.0 Å². The molecule has 20 heavy (non-hydrogen) atoms. The fourth-order valence-electron chi connectivity index (χ4n) is 1.53. The molecule has 0 aliphatic rings. The fraction of sp³-hybridized carbons (Fsp3) is 0.0625. The molecule has 1 aromatic carbocycles. The number of benzene rings is 1. The van der Waals surface area contributed by atoms with Gasteiger partial charge >= 0.3 is 0 Å². The topological polar surface area (TPSA) is 54.4 Å². The summed E-state index contributed by atoms with van der Waals surface area (Å²) in [6.07, 6.45) is 6.93. The van der Waals surface area contributed by atoms with E-state index in [4.69, 9.17) is 0 Å². The molecule has 0 fully saturated rings. The van der Waals surface area contributed by atoms with Gasteiger partial charge in [0.1, 0.15) is 0 Å². The second kappa shape index (κ2) is 6.99.